The van der Waals surface area contributed by atoms with Gasteiger partial charge in [0.2, 0.25) is 5.91 Å². The highest BCUT2D eigenvalue weighted by atomic mass is 32.2. The lowest BCUT2D eigenvalue weighted by Crippen LogP contribution is -2.45. The minimum Gasteiger partial charge on any atom is -0.467 e. The van der Waals surface area contributed by atoms with Crippen molar-refractivity contribution in [1.82, 2.24) is 10.2 Å². The largest absolute Gasteiger partial charge is 0.467 e. The van der Waals surface area contributed by atoms with Crippen molar-refractivity contribution >= 4 is 15.7 Å². The number of furan rings is 1. The molecule has 1 saturated carbocycles. The van der Waals surface area contributed by atoms with Crippen LogP contribution in [-0.2, 0) is 21.2 Å². The highest BCUT2D eigenvalue weighted by Crippen LogP contribution is 2.33. The van der Waals surface area contributed by atoms with Crippen molar-refractivity contribution in [3.05, 3.63) is 59.5 Å². The van der Waals surface area contributed by atoms with E-state index in [1.54, 1.807) is 17.2 Å². The summed E-state index contributed by atoms with van der Waals surface area (Å²) in [5, 5.41) is 3.47. The first kappa shape index (κ1) is 25.0. The molecule has 2 aromatic rings. The Balaban J connectivity index is 1.43. The quantitative estimate of drug-likeness (QED) is 0.549. The average molecular weight is 487 g/mol. The van der Waals surface area contributed by atoms with Crippen LogP contribution in [0.4, 0.5) is 0 Å². The van der Waals surface area contributed by atoms with E-state index in [0.29, 0.717) is 24.0 Å². The fourth-order valence-corrected chi connectivity index (χ4v) is 7.19. The minimum absolute atomic E-state index is 0.0235. The van der Waals surface area contributed by atoms with Crippen molar-refractivity contribution in [2.24, 2.45) is 5.92 Å². The fraction of sp³-hybridized carbons (Fsp3) is 0.593. The molecule has 6 nitrogen and oxygen atoms in total. The van der Waals surface area contributed by atoms with E-state index in [9.17, 15) is 13.2 Å². The van der Waals surface area contributed by atoms with Crippen LogP contribution in [0.15, 0.2) is 47.1 Å². The van der Waals surface area contributed by atoms with E-state index in [1.165, 1.54) is 43.2 Å². The number of sulfone groups is 1. The SMILES string of the molecule is CC(C)[C@H](NCC(=O)N(Cc1ccco1)[C@@H]1CCS(=O)(=O)C1)c1ccc(C2CCCCC2)cc1. The molecule has 0 radical (unpaired) electrons. The predicted molar refractivity (Wildman–Crippen MR) is 134 cm³/mol. The Morgan fingerprint density at radius 2 is 1.82 bits per heavy atom. The zero-order valence-corrected chi connectivity index (χ0v) is 21.2. The van der Waals surface area contributed by atoms with Crippen LogP contribution in [0.3, 0.4) is 0 Å². The lowest BCUT2D eigenvalue weighted by atomic mass is 9.83. The fourth-order valence-electron chi connectivity index (χ4n) is 5.46. The number of carbonyl (C=O) groups is 1. The van der Waals surface area contributed by atoms with E-state index in [2.05, 4.69) is 43.4 Å². The van der Waals surface area contributed by atoms with Gasteiger partial charge in [0.1, 0.15) is 5.76 Å². The molecule has 1 amide bonds. The molecule has 2 heterocycles. The van der Waals surface area contributed by atoms with Gasteiger partial charge in [-0.05, 0) is 54.4 Å². The molecule has 1 aliphatic carbocycles. The van der Waals surface area contributed by atoms with E-state index in [1.807, 2.05) is 6.07 Å². The smallest absolute Gasteiger partial charge is 0.237 e. The molecule has 1 aromatic carbocycles. The molecule has 186 valence electrons. The standard InChI is InChI=1S/C27H38N2O4S/c1-20(2)27(23-12-10-22(11-13-23)21-7-4-3-5-8-21)28-17-26(30)29(18-25-9-6-15-33-25)24-14-16-34(31,32)19-24/h6,9-13,15,20-21,24,27-28H,3-5,7-8,14,16-19H2,1-2H3/t24-,27+/m1/s1. The van der Waals surface area contributed by atoms with E-state index in [0.717, 1.165) is 0 Å². The third-order valence-electron chi connectivity index (χ3n) is 7.39. The third kappa shape index (κ3) is 6.30. The first-order valence-corrected chi connectivity index (χ1v) is 14.5. The highest BCUT2D eigenvalue weighted by Gasteiger charge is 2.35. The van der Waals surface area contributed by atoms with Gasteiger partial charge >= 0.3 is 0 Å². The van der Waals surface area contributed by atoms with Gasteiger partial charge in [0.05, 0.1) is 30.9 Å². The van der Waals surface area contributed by atoms with Crippen LogP contribution in [0.2, 0.25) is 0 Å². The molecular formula is C27H38N2O4S. The van der Waals surface area contributed by atoms with Crippen molar-refractivity contribution < 1.29 is 17.6 Å². The number of benzene rings is 1. The van der Waals surface area contributed by atoms with Crippen molar-refractivity contribution in [1.29, 1.82) is 0 Å². The summed E-state index contributed by atoms with van der Waals surface area (Å²) in [6.07, 6.45) is 8.61. The molecule has 2 fully saturated rings. The van der Waals surface area contributed by atoms with Crippen LogP contribution in [0.25, 0.3) is 0 Å². The normalized spacial score (nSPS) is 21.6. The van der Waals surface area contributed by atoms with Crippen LogP contribution in [0.5, 0.6) is 0 Å². The van der Waals surface area contributed by atoms with Gasteiger partial charge in [0.15, 0.2) is 9.84 Å². The van der Waals surface area contributed by atoms with Crippen molar-refractivity contribution in [3.8, 4) is 0 Å². The Morgan fingerprint density at radius 1 is 1.09 bits per heavy atom. The van der Waals surface area contributed by atoms with Gasteiger partial charge in [-0.25, -0.2) is 8.42 Å². The second-order valence-electron chi connectivity index (χ2n) is 10.3. The van der Waals surface area contributed by atoms with E-state index in [-0.39, 0.29) is 42.6 Å². The Kier molecular flexibility index (Phi) is 8.14. The molecule has 0 spiro atoms. The van der Waals surface area contributed by atoms with Crippen LogP contribution in [0, 0.1) is 5.92 Å². The van der Waals surface area contributed by atoms with Crippen LogP contribution in [0.1, 0.15) is 81.2 Å². The molecule has 1 aliphatic heterocycles. The summed E-state index contributed by atoms with van der Waals surface area (Å²) < 4.78 is 29.6. The number of nitrogens with zero attached hydrogens (tertiary/aromatic N) is 1. The third-order valence-corrected chi connectivity index (χ3v) is 9.14. The summed E-state index contributed by atoms with van der Waals surface area (Å²) >= 11 is 0. The summed E-state index contributed by atoms with van der Waals surface area (Å²) in [6, 6.07) is 12.3. The van der Waals surface area contributed by atoms with Gasteiger partial charge in [-0.3, -0.25) is 4.79 Å². The molecule has 0 unspecified atom stereocenters. The molecular weight excluding hydrogens is 448 g/mol. The van der Waals surface area contributed by atoms with Gasteiger partial charge in [0.25, 0.3) is 0 Å². The Hall–Kier alpha value is -2.12. The maximum atomic E-state index is 13.3. The van der Waals surface area contributed by atoms with E-state index < -0.39 is 9.84 Å². The summed E-state index contributed by atoms with van der Waals surface area (Å²) in [5.74, 6) is 1.70. The van der Waals surface area contributed by atoms with Gasteiger partial charge < -0.3 is 14.6 Å². The van der Waals surface area contributed by atoms with Gasteiger partial charge in [-0.2, -0.15) is 0 Å². The predicted octanol–water partition coefficient (Wildman–Crippen LogP) is 4.83. The zero-order valence-electron chi connectivity index (χ0n) is 20.4. The van der Waals surface area contributed by atoms with Crippen LogP contribution < -0.4 is 5.32 Å². The number of nitrogens with one attached hydrogen (secondary N) is 1. The van der Waals surface area contributed by atoms with E-state index in [4.69, 9.17) is 4.42 Å². The molecule has 1 aromatic heterocycles. The van der Waals surface area contributed by atoms with Crippen molar-refractivity contribution in [2.75, 3.05) is 18.1 Å². The zero-order chi connectivity index (χ0) is 24.1. The molecule has 4 rings (SSSR count). The first-order valence-electron chi connectivity index (χ1n) is 12.7. The molecule has 0 bridgehead atoms. The second-order valence-corrected chi connectivity index (χ2v) is 12.5. The first-order chi connectivity index (χ1) is 16.3. The number of carbonyl (C=O) groups excluding carboxylic acids is 1. The summed E-state index contributed by atoms with van der Waals surface area (Å²) in [6.45, 7) is 4.75. The average Bonchev–Trinajstić information content (AvgIpc) is 3.47. The monoisotopic (exact) mass is 486 g/mol. The lowest BCUT2D eigenvalue weighted by Gasteiger charge is -2.30. The number of amides is 1. The van der Waals surface area contributed by atoms with Gasteiger partial charge in [-0.15, -0.1) is 0 Å². The second kappa shape index (κ2) is 11.1. The summed E-state index contributed by atoms with van der Waals surface area (Å²) in [5.41, 5.74) is 2.61. The van der Waals surface area contributed by atoms with Gasteiger partial charge in [0, 0.05) is 12.1 Å². The Morgan fingerprint density at radius 3 is 2.41 bits per heavy atom. The highest BCUT2D eigenvalue weighted by molar-refractivity contribution is 7.91. The maximum absolute atomic E-state index is 13.3. The molecule has 34 heavy (non-hydrogen) atoms. The summed E-state index contributed by atoms with van der Waals surface area (Å²) in [7, 11) is -3.10. The molecule has 7 heteroatoms. The topological polar surface area (TPSA) is 79.6 Å². The molecule has 1 saturated heterocycles. The van der Waals surface area contributed by atoms with Gasteiger partial charge in [-0.1, -0.05) is 57.4 Å². The van der Waals surface area contributed by atoms with Crippen molar-refractivity contribution in [2.45, 2.75) is 76.9 Å². The summed E-state index contributed by atoms with van der Waals surface area (Å²) in [4.78, 5) is 15.0. The van der Waals surface area contributed by atoms with Crippen LogP contribution in [-0.4, -0.2) is 43.3 Å². The maximum Gasteiger partial charge on any atom is 0.237 e. The number of rotatable bonds is 9. The Bertz CT molecular complexity index is 1030. The lowest BCUT2D eigenvalue weighted by molar-refractivity contribution is -0.133. The Labute approximate surface area is 204 Å². The minimum atomic E-state index is -3.10. The molecule has 2 aliphatic rings. The molecule has 1 N–H and O–H groups in total. The molecule has 2 atom stereocenters. The van der Waals surface area contributed by atoms with Crippen molar-refractivity contribution in [3.63, 3.8) is 0 Å². The number of hydrogen-bond donors (Lipinski definition) is 1. The van der Waals surface area contributed by atoms with E-state index >= 15 is 0 Å². The number of hydrogen-bond acceptors (Lipinski definition) is 5. The van der Waals surface area contributed by atoms with Crippen LogP contribution >= 0.6 is 0 Å².